The molecule has 1 saturated carbocycles. The molecule has 4 nitrogen and oxygen atoms in total. The van der Waals surface area contributed by atoms with Crippen molar-refractivity contribution in [3.63, 3.8) is 0 Å². The summed E-state index contributed by atoms with van der Waals surface area (Å²) < 4.78 is 5.31. The van der Waals surface area contributed by atoms with E-state index in [1.165, 1.54) is 19.3 Å². The summed E-state index contributed by atoms with van der Waals surface area (Å²) in [4.78, 5) is 4.74. The van der Waals surface area contributed by atoms with Crippen molar-refractivity contribution in [3.05, 3.63) is 0 Å². The van der Waals surface area contributed by atoms with E-state index < -0.39 is 0 Å². The van der Waals surface area contributed by atoms with Crippen LogP contribution in [0.1, 0.15) is 26.2 Å². The quantitative estimate of drug-likeness (QED) is 0.717. The number of rotatable bonds is 7. The molecule has 0 aromatic rings. The van der Waals surface area contributed by atoms with Crippen LogP contribution in [0.25, 0.3) is 0 Å². The van der Waals surface area contributed by atoms with Gasteiger partial charge in [-0.15, -0.1) is 0 Å². The predicted molar refractivity (Wildman–Crippen MR) is 72.2 cm³/mol. The van der Waals surface area contributed by atoms with Crippen LogP contribution in [0.2, 0.25) is 0 Å². The first-order valence-corrected chi connectivity index (χ1v) is 6.48. The van der Waals surface area contributed by atoms with E-state index in [4.69, 9.17) is 10.5 Å². The van der Waals surface area contributed by atoms with Gasteiger partial charge >= 0.3 is 0 Å². The maximum Gasteiger partial charge on any atom is 0.0656 e. The highest BCUT2D eigenvalue weighted by Gasteiger charge is 2.42. The minimum atomic E-state index is -0.0622. The molecule has 0 heterocycles. The van der Waals surface area contributed by atoms with Crippen molar-refractivity contribution >= 4 is 0 Å². The Balaban J connectivity index is 2.66. The first kappa shape index (κ1) is 14.9. The molecule has 0 bridgehead atoms. The van der Waals surface area contributed by atoms with Gasteiger partial charge < -0.3 is 15.4 Å². The Hall–Kier alpha value is -0.160. The summed E-state index contributed by atoms with van der Waals surface area (Å²) in [5.41, 5.74) is 6.20. The maximum absolute atomic E-state index is 5.91. The molecular weight excluding hydrogens is 214 g/mol. The fourth-order valence-electron chi connectivity index (χ4n) is 2.60. The van der Waals surface area contributed by atoms with Crippen LogP contribution in [0.3, 0.4) is 0 Å². The zero-order chi connectivity index (χ0) is 13.1. The van der Waals surface area contributed by atoms with Crippen LogP contribution in [0.5, 0.6) is 0 Å². The molecule has 1 fully saturated rings. The lowest BCUT2D eigenvalue weighted by molar-refractivity contribution is -0.0256. The molecule has 0 amide bonds. The molecule has 1 aliphatic carbocycles. The first-order valence-electron chi connectivity index (χ1n) is 6.48. The third-order valence-corrected chi connectivity index (χ3v) is 4.58. The smallest absolute Gasteiger partial charge is 0.0656 e. The van der Waals surface area contributed by atoms with Crippen molar-refractivity contribution in [3.8, 4) is 0 Å². The minimum Gasteiger partial charge on any atom is -0.383 e. The third-order valence-electron chi connectivity index (χ3n) is 4.58. The lowest BCUT2D eigenvalue weighted by Gasteiger charge is -2.52. The molecule has 1 atom stereocenters. The summed E-state index contributed by atoms with van der Waals surface area (Å²) in [6.07, 6.45) is 3.92. The summed E-state index contributed by atoms with van der Waals surface area (Å²) >= 11 is 0. The van der Waals surface area contributed by atoms with Crippen molar-refractivity contribution in [2.45, 2.75) is 37.3 Å². The molecule has 0 aromatic carbocycles. The molecule has 0 spiro atoms. The highest BCUT2D eigenvalue weighted by Crippen LogP contribution is 2.37. The second-order valence-corrected chi connectivity index (χ2v) is 5.96. The van der Waals surface area contributed by atoms with E-state index >= 15 is 0 Å². The molecule has 0 saturated heterocycles. The van der Waals surface area contributed by atoms with E-state index in [0.29, 0.717) is 18.7 Å². The van der Waals surface area contributed by atoms with E-state index in [1.54, 1.807) is 7.11 Å². The van der Waals surface area contributed by atoms with Crippen molar-refractivity contribution in [1.82, 2.24) is 9.80 Å². The van der Waals surface area contributed by atoms with Gasteiger partial charge in [0.15, 0.2) is 0 Å². The summed E-state index contributed by atoms with van der Waals surface area (Å²) in [7, 11) is 8.27. The minimum absolute atomic E-state index is 0.0622. The van der Waals surface area contributed by atoms with E-state index in [2.05, 4.69) is 37.9 Å². The fourth-order valence-corrected chi connectivity index (χ4v) is 2.60. The van der Waals surface area contributed by atoms with E-state index in [9.17, 15) is 0 Å². The molecule has 2 N–H and O–H groups in total. The van der Waals surface area contributed by atoms with Crippen LogP contribution < -0.4 is 5.73 Å². The molecule has 0 aromatic heterocycles. The summed E-state index contributed by atoms with van der Waals surface area (Å²) in [5, 5.41) is 0. The number of ether oxygens (including phenoxy) is 1. The van der Waals surface area contributed by atoms with Crippen molar-refractivity contribution < 1.29 is 4.74 Å². The molecule has 1 unspecified atom stereocenters. The highest BCUT2D eigenvalue weighted by atomic mass is 16.5. The van der Waals surface area contributed by atoms with Crippen LogP contribution in [0, 0.1) is 0 Å². The van der Waals surface area contributed by atoms with Gasteiger partial charge in [0.2, 0.25) is 0 Å². The zero-order valence-electron chi connectivity index (χ0n) is 12.1. The zero-order valence-corrected chi connectivity index (χ0v) is 12.1. The van der Waals surface area contributed by atoms with Gasteiger partial charge in [-0.3, -0.25) is 4.90 Å². The van der Waals surface area contributed by atoms with Crippen molar-refractivity contribution in [1.29, 1.82) is 0 Å². The topological polar surface area (TPSA) is 41.7 Å². The Morgan fingerprint density at radius 1 is 1.29 bits per heavy atom. The lowest BCUT2D eigenvalue weighted by Crippen LogP contribution is -2.62. The van der Waals surface area contributed by atoms with Gasteiger partial charge in [0, 0.05) is 25.7 Å². The van der Waals surface area contributed by atoms with Gasteiger partial charge in [-0.2, -0.15) is 0 Å². The van der Waals surface area contributed by atoms with Gasteiger partial charge in [0.25, 0.3) is 0 Å². The van der Waals surface area contributed by atoms with Crippen LogP contribution in [-0.2, 0) is 4.74 Å². The van der Waals surface area contributed by atoms with Crippen LogP contribution in [-0.4, -0.2) is 68.8 Å². The van der Waals surface area contributed by atoms with Gasteiger partial charge in [0.1, 0.15) is 0 Å². The van der Waals surface area contributed by atoms with Gasteiger partial charge in [-0.25, -0.2) is 0 Å². The van der Waals surface area contributed by atoms with E-state index in [-0.39, 0.29) is 5.54 Å². The molecule has 1 rings (SSSR count). The SMILES string of the molecule is COCC(C)(CN)N(C)CC1(N(C)C)CCC1. The Kier molecular flexibility index (Phi) is 4.95. The number of likely N-dealkylation sites (N-methyl/N-ethyl adjacent to an activating group) is 2. The number of nitrogens with zero attached hydrogens (tertiary/aromatic N) is 2. The highest BCUT2D eigenvalue weighted by molar-refractivity contribution is 5.00. The molecule has 102 valence electrons. The van der Waals surface area contributed by atoms with Gasteiger partial charge in [-0.05, 0) is 47.3 Å². The Morgan fingerprint density at radius 3 is 2.18 bits per heavy atom. The average molecular weight is 243 g/mol. The monoisotopic (exact) mass is 243 g/mol. The normalized spacial score (nSPS) is 22.6. The number of methoxy groups -OCH3 is 1. The second-order valence-electron chi connectivity index (χ2n) is 5.96. The molecule has 4 heteroatoms. The standard InChI is InChI=1S/C13H29N3O/c1-12(9-14,11-17-5)16(4)10-13(15(2)3)7-6-8-13/h6-11,14H2,1-5H3. The van der Waals surface area contributed by atoms with Gasteiger partial charge in [0.05, 0.1) is 12.1 Å². The Labute approximate surface area is 106 Å². The number of nitrogens with two attached hydrogens (primary N) is 1. The summed E-state index contributed by atoms with van der Waals surface area (Å²) in [5.74, 6) is 0. The first-order chi connectivity index (χ1) is 7.90. The molecule has 0 aliphatic heterocycles. The van der Waals surface area contributed by atoms with E-state index in [0.717, 1.165) is 6.54 Å². The summed E-state index contributed by atoms with van der Waals surface area (Å²) in [6.45, 7) is 4.56. The third kappa shape index (κ3) is 2.99. The lowest BCUT2D eigenvalue weighted by atomic mass is 9.74. The maximum atomic E-state index is 5.91. The van der Waals surface area contributed by atoms with Gasteiger partial charge in [-0.1, -0.05) is 0 Å². The van der Waals surface area contributed by atoms with Crippen molar-refractivity contribution in [2.75, 3.05) is 47.9 Å². The molecule has 17 heavy (non-hydrogen) atoms. The van der Waals surface area contributed by atoms with Crippen LogP contribution >= 0.6 is 0 Å². The molecule has 1 aliphatic rings. The molecular formula is C13H29N3O. The molecule has 0 radical (unpaired) electrons. The Bertz CT molecular complexity index is 241. The van der Waals surface area contributed by atoms with Crippen LogP contribution in [0.4, 0.5) is 0 Å². The number of hydrogen-bond acceptors (Lipinski definition) is 4. The largest absolute Gasteiger partial charge is 0.383 e. The fraction of sp³-hybridized carbons (Fsp3) is 1.00. The predicted octanol–water partition coefficient (Wildman–Crippen LogP) is 0.766. The van der Waals surface area contributed by atoms with Crippen molar-refractivity contribution in [2.24, 2.45) is 5.73 Å². The van der Waals surface area contributed by atoms with E-state index in [1.807, 2.05) is 0 Å². The number of hydrogen-bond donors (Lipinski definition) is 1. The second kappa shape index (κ2) is 5.65. The average Bonchev–Trinajstić information content (AvgIpc) is 2.22. The van der Waals surface area contributed by atoms with Crippen LogP contribution in [0.15, 0.2) is 0 Å². The summed E-state index contributed by atoms with van der Waals surface area (Å²) in [6, 6.07) is 0. The Morgan fingerprint density at radius 2 is 1.88 bits per heavy atom.